The highest BCUT2D eigenvalue weighted by Crippen LogP contribution is 2.36. The Morgan fingerprint density at radius 1 is 0.909 bits per heavy atom. The Labute approximate surface area is 193 Å². The van der Waals surface area contributed by atoms with E-state index < -0.39 is 0 Å². The number of rotatable bonds is 7. The molecule has 3 aromatic carbocycles. The Morgan fingerprint density at radius 2 is 1.70 bits per heavy atom. The molecule has 6 heteroatoms. The average molecular weight is 443 g/mol. The van der Waals surface area contributed by atoms with Crippen LogP contribution in [0.3, 0.4) is 0 Å². The van der Waals surface area contributed by atoms with E-state index in [9.17, 15) is 9.59 Å². The monoisotopic (exact) mass is 442 g/mol. The Balaban J connectivity index is 1.18. The van der Waals surface area contributed by atoms with Crippen molar-refractivity contribution in [3.05, 3.63) is 89.0 Å². The quantitative estimate of drug-likeness (QED) is 0.474. The molecule has 0 aromatic heterocycles. The smallest absolute Gasteiger partial charge is 0.251 e. The Kier molecular flexibility index (Phi) is 6.19. The average Bonchev–Trinajstić information content (AvgIpc) is 3.15. The molecule has 0 saturated carbocycles. The van der Waals surface area contributed by atoms with Gasteiger partial charge in [-0.3, -0.25) is 14.5 Å². The third-order valence-corrected chi connectivity index (χ3v) is 6.12. The van der Waals surface area contributed by atoms with Gasteiger partial charge in [-0.2, -0.15) is 0 Å². The summed E-state index contributed by atoms with van der Waals surface area (Å²) in [6.45, 7) is 5.30. The molecular weight excluding hydrogens is 416 g/mol. The van der Waals surface area contributed by atoms with Crippen LogP contribution in [0.5, 0.6) is 5.75 Å². The first kappa shape index (κ1) is 21.4. The fraction of sp³-hybridized carbons (Fsp3) is 0.259. The number of hydrogen-bond acceptors (Lipinski definition) is 5. The first-order valence-corrected chi connectivity index (χ1v) is 11.3. The summed E-state index contributed by atoms with van der Waals surface area (Å²) in [5, 5.41) is 2.95. The first-order valence-electron chi connectivity index (χ1n) is 11.3. The predicted octanol–water partition coefficient (Wildman–Crippen LogP) is 3.54. The van der Waals surface area contributed by atoms with Gasteiger partial charge in [-0.1, -0.05) is 42.5 Å². The fourth-order valence-corrected chi connectivity index (χ4v) is 4.32. The lowest BCUT2D eigenvalue weighted by Crippen LogP contribution is -2.38. The molecule has 5 rings (SSSR count). The number of fused-ring (bicyclic) bond motifs is 3. The van der Waals surface area contributed by atoms with Gasteiger partial charge < -0.3 is 14.8 Å². The van der Waals surface area contributed by atoms with Gasteiger partial charge in [0.25, 0.3) is 5.91 Å². The zero-order valence-electron chi connectivity index (χ0n) is 18.4. The van der Waals surface area contributed by atoms with Crippen LogP contribution in [0, 0.1) is 0 Å². The van der Waals surface area contributed by atoms with Crippen molar-refractivity contribution >= 4 is 11.7 Å². The molecule has 0 atom stereocenters. The molecule has 0 bridgehead atoms. The summed E-state index contributed by atoms with van der Waals surface area (Å²) in [7, 11) is 0. The lowest BCUT2D eigenvalue weighted by atomic mass is 10.0. The summed E-state index contributed by atoms with van der Waals surface area (Å²) in [5.41, 5.74) is 4.52. The van der Waals surface area contributed by atoms with Crippen LogP contribution < -0.4 is 10.1 Å². The number of hydrogen-bond donors (Lipinski definition) is 1. The standard InChI is InChI=1S/C27H26N2O4/c30-26-24-7-2-1-6-22(24)23-9-8-20(17-25(23)26)27(31)28-18-19-4-3-5-21(16-19)33-15-12-29-10-13-32-14-11-29/h1-9,16-17H,10-15,18H2,(H,28,31). The zero-order chi connectivity index (χ0) is 22.6. The lowest BCUT2D eigenvalue weighted by Gasteiger charge is -2.26. The molecule has 1 N–H and O–H groups in total. The summed E-state index contributed by atoms with van der Waals surface area (Å²) in [6.07, 6.45) is 0. The van der Waals surface area contributed by atoms with Crippen molar-refractivity contribution in [3.63, 3.8) is 0 Å². The molecule has 1 fully saturated rings. The van der Waals surface area contributed by atoms with E-state index in [1.807, 2.05) is 54.6 Å². The van der Waals surface area contributed by atoms with Crippen molar-refractivity contribution in [1.29, 1.82) is 0 Å². The van der Waals surface area contributed by atoms with E-state index in [2.05, 4.69) is 10.2 Å². The normalized spacial score (nSPS) is 15.1. The van der Waals surface area contributed by atoms with Crippen LogP contribution in [0.4, 0.5) is 0 Å². The van der Waals surface area contributed by atoms with E-state index in [1.165, 1.54) is 0 Å². The molecule has 0 unspecified atom stereocenters. The number of ether oxygens (including phenoxy) is 2. The van der Waals surface area contributed by atoms with Crippen molar-refractivity contribution in [2.24, 2.45) is 0 Å². The molecule has 2 aliphatic rings. The number of carbonyl (C=O) groups excluding carboxylic acids is 2. The fourth-order valence-electron chi connectivity index (χ4n) is 4.32. The highest BCUT2D eigenvalue weighted by Gasteiger charge is 2.27. The van der Waals surface area contributed by atoms with Crippen LogP contribution >= 0.6 is 0 Å². The summed E-state index contributed by atoms with van der Waals surface area (Å²) in [6, 6.07) is 20.6. The molecule has 1 aliphatic heterocycles. The Bertz CT molecular complexity index is 1180. The number of benzene rings is 3. The van der Waals surface area contributed by atoms with Crippen LogP contribution in [0.1, 0.15) is 31.8 Å². The van der Waals surface area contributed by atoms with E-state index in [-0.39, 0.29) is 11.7 Å². The van der Waals surface area contributed by atoms with Crippen molar-refractivity contribution in [2.45, 2.75) is 6.54 Å². The van der Waals surface area contributed by atoms with E-state index in [0.717, 1.165) is 55.3 Å². The SMILES string of the molecule is O=C(NCc1cccc(OCCN2CCOCC2)c1)c1ccc2c(c1)C(=O)c1ccccc1-2. The molecule has 33 heavy (non-hydrogen) atoms. The van der Waals surface area contributed by atoms with Gasteiger partial charge in [0.1, 0.15) is 12.4 Å². The Hall–Kier alpha value is -3.48. The minimum atomic E-state index is -0.208. The zero-order valence-corrected chi connectivity index (χ0v) is 18.4. The van der Waals surface area contributed by atoms with Gasteiger partial charge >= 0.3 is 0 Å². The highest BCUT2D eigenvalue weighted by atomic mass is 16.5. The largest absolute Gasteiger partial charge is 0.492 e. The molecule has 3 aromatic rings. The third kappa shape index (κ3) is 4.67. The molecule has 0 radical (unpaired) electrons. The second-order valence-corrected chi connectivity index (χ2v) is 8.27. The van der Waals surface area contributed by atoms with Crippen LogP contribution in [0.25, 0.3) is 11.1 Å². The summed E-state index contributed by atoms with van der Waals surface area (Å²) >= 11 is 0. The minimum Gasteiger partial charge on any atom is -0.492 e. The maximum atomic E-state index is 12.8. The molecule has 1 amide bonds. The minimum absolute atomic E-state index is 0.0304. The topological polar surface area (TPSA) is 67.9 Å². The predicted molar refractivity (Wildman–Crippen MR) is 126 cm³/mol. The van der Waals surface area contributed by atoms with E-state index in [1.54, 1.807) is 12.1 Å². The first-order chi connectivity index (χ1) is 16.2. The Morgan fingerprint density at radius 3 is 2.55 bits per heavy atom. The molecule has 1 aliphatic carbocycles. The maximum absolute atomic E-state index is 12.8. The van der Waals surface area contributed by atoms with Crippen LogP contribution in [-0.2, 0) is 11.3 Å². The number of carbonyl (C=O) groups is 2. The molecular formula is C27H26N2O4. The molecule has 0 spiro atoms. The van der Waals surface area contributed by atoms with Crippen LogP contribution in [-0.4, -0.2) is 56.0 Å². The highest BCUT2D eigenvalue weighted by molar-refractivity contribution is 6.22. The van der Waals surface area contributed by atoms with E-state index >= 15 is 0 Å². The second kappa shape index (κ2) is 9.57. The third-order valence-electron chi connectivity index (χ3n) is 6.12. The number of amides is 1. The van der Waals surface area contributed by atoms with Crippen LogP contribution in [0.2, 0.25) is 0 Å². The molecule has 6 nitrogen and oxygen atoms in total. The number of morpholine rings is 1. The van der Waals surface area contributed by atoms with Crippen LogP contribution in [0.15, 0.2) is 66.7 Å². The lowest BCUT2D eigenvalue weighted by molar-refractivity contribution is 0.0322. The van der Waals surface area contributed by atoms with Gasteiger partial charge in [0.2, 0.25) is 0 Å². The van der Waals surface area contributed by atoms with Crippen molar-refractivity contribution < 1.29 is 19.1 Å². The van der Waals surface area contributed by atoms with Gasteiger partial charge in [-0.15, -0.1) is 0 Å². The summed E-state index contributed by atoms with van der Waals surface area (Å²) in [5.74, 6) is 0.549. The van der Waals surface area contributed by atoms with Gasteiger partial charge in [-0.05, 0) is 41.0 Å². The maximum Gasteiger partial charge on any atom is 0.251 e. The van der Waals surface area contributed by atoms with Gasteiger partial charge in [-0.25, -0.2) is 0 Å². The molecule has 1 heterocycles. The van der Waals surface area contributed by atoms with Gasteiger partial charge in [0.05, 0.1) is 13.2 Å². The number of nitrogens with one attached hydrogen (secondary N) is 1. The van der Waals surface area contributed by atoms with Crippen molar-refractivity contribution in [1.82, 2.24) is 10.2 Å². The van der Waals surface area contributed by atoms with E-state index in [0.29, 0.717) is 29.8 Å². The van der Waals surface area contributed by atoms with Crippen molar-refractivity contribution in [3.8, 4) is 16.9 Å². The van der Waals surface area contributed by atoms with E-state index in [4.69, 9.17) is 9.47 Å². The number of nitrogens with zero attached hydrogens (tertiary/aromatic N) is 1. The number of ketones is 1. The second-order valence-electron chi connectivity index (χ2n) is 8.27. The van der Waals surface area contributed by atoms with Gasteiger partial charge in [0.15, 0.2) is 5.78 Å². The molecule has 168 valence electrons. The molecule has 1 saturated heterocycles. The van der Waals surface area contributed by atoms with Crippen molar-refractivity contribution in [2.75, 3.05) is 39.5 Å². The summed E-state index contributed by atoms with van der Waals surface area (Å²) in [4.78, 5) is 27.8. The summed E-state index contributed by atoms with van der Waals surface area (Å²) < 4.78 is 11.3. The van der Waals surface area contributed by atoms with Gasteiger partial charge in [0, 0.05) is 42.9 Å².